The molecule has 0 radical (unpaired) electrons. The molecule has 0 fully saturated rings. The highest BCUT2D eigenvalue weighted by Crippen LogP contribution is 2.31. The van der Waals surface area contributed by atoms with E-state index in [2.05, 4.69) is 56.5 Å². The molecule has 1 heterocycles. The number of hydrogen-bond acceptors (Lipinski definition) is 0. The molecule has 0 spiro atoms. The van der Waals surface area contributed by atoms with Gasteiger partial charge in [-0.2, -0.15) is 0 Å². The molecule has 2 aromatic carbocycles. The lowest BCUT2D eigenvalue weighted by Crippen LogP contribution is -2.46. The van der Waals surface area contributed by atoms with Gasteiger partial charge in [-0.1, -0.05) is 56.0 Å². The van der Waals surface area contributed by atoms with E-state index in [9.17, 15) is 0 Å². The summed E-state index contributed by atoms with van der Waals surface area (Å²) in [5, 5.41) is 1.45. The van der Waals surface area contributed by atoms with Crippen molar-refractivity contribution in [3.05, 3.63) is 71.4 Å². The molecule has 1 nitrogen and oxygen atoms in total. The van der Waals surface area contributed by atoms with Gasteiger partial charge in [0.2, 0.25) is 5.69 Å². The first-order valence-corrected chi connectivity index (χ1v) is 12.6. The number of benzene rings is 2. The molecule has 26 heavy (non-hydrogen) atoms. The lowest BCUT2D eigenvalue weighted by Gasteiger charge is -2.19. The zero-order chi connectivity index (χ0) is 21.6. The molecule has 0 atom stereocenters. The van der Waals surface area contributed by atoms with E-state index in [1.165, 1.54) is 10.8 Å². The summed E-state index contributed by atoms with van der Waals surface area (Å²) in [6, 6.07) is 15.9. The van der Waals surface area contributed by atoms with E-state index < -0.39 is 14.9 Å². The van der Waals surface area contributed by atoms with Gasteiger partial charge in [0.05, 0.1) is 8.07 Å². The minimum atomic E-state index is -2.16. The zero-order valence-corrected chi connectivity index (χ0v) is 17.6. The van der Waals surface area contributed by atoms with E-state index in [-0.39, 0.29) is 0 Å². The van der Waals surface area contributed by atoms with Crippen LogP contribution in [0.25, 0.3) is 22.4 Å². The topological polar surface area (TPSA) is 3.88 Å². The van der Waals surface area contributed by atoms with Gasteiger partial charge in [0.1, 0.15) is 7.05 Å². The summed E-state index contributed by atoms with van der Waals surface area (Å²) in [7, 11) is 0.642. The Morgan fingerprint density at radius 1 is 0.846 bits per heavy atom. The molecule has 0 N–H and O–H groups in total. The normalized spacial score (nSPS) is 13.8. The second-order valence-electron chi connectivity index (χ2n) is 8.20. The van der Waals surface area contributed by atoms with Gasteiger partial charge in [-0.25, -0.2) is 4.57 Å². The summed E-state index contributed by atoms with van der Waals surface area (Å²) in [4.78, 5) is 0. The molecule has 0 unspecified atom stereocenters. The summed E-state index contributed by atoms with van der Waals surface area (Å²) in [5.74, 6) is 0. The second kappa shape index (κ2) is 6.84. The number of rotatable bonds is 3. The molecule has 0 bridgehead atoms. The van der Waals surface area contributed by atoms with Gasteiger partial charge in [-0.05, 0) is 54.6 Å². The van der Waals surface area contributed by atoms with Crippen molar-refractivity contribution in [2.24, 2.45) is 7.05 Å². The summed E-state index contributed by atoms with van der Waals surface area (Å²) in [6.07, 6.45) is 2.26. The number of aryl methyl sites for hydroxylation is 4. The van der Waals surface area contributed by atoms with Crippen molar-refractivity contribution in [3.8, 4) is 22.4 Å². The van der Waals surface area contributed by atoms with E-state index in [1.807, 2.05) is 43.3 Å². The smallest absolute Gasteiger partial charge is 0.201 e. The molecule has 0 amide bonds. The predicted octanol–water partition coefficient (Wildman–Crippen LogP) is 5.32. The van der Waals surface area contributed by atoms with Crippen molar-refractivity contribution in [1.82, 2.24) is 0 Å². The van der Waals surface area contributed by atoms with Crippen LogP contribution in [0.2, 0.25) is 19.6 Å². The fourth-order valence-electron chi connectivity index (χ4n) is 3.64. The number of aromatic nitrogens is 1. The first-order chi connectivity index (χ1) is 13.4. The lowest BCUT2D eigenvalue weighted by molar-refractivity contribution is -0.659. The number of pyridine rings is 1. The minimum absolute atomic E-state index is 0.406. The summed E-state index contributed by atoms with van der Waals surface area (Å²) >= 11 is 0. The quantitative estimate of drug-likeness (QED) is 0.438. The van der Waals surface area contributed by atoms with Gasteiger partial charge in [0.15, 0.2) is 6.20 Å². The Bertz CT molecular complexity index is 1050. The van der Waals surface area contributed by atoms with Crippen LogP contribution in [-0.4, -0.2) is 8.07 Å². The maximum atomic E-state index is 8.04. The highest BCUT2D eigenvalue weighted by molar-refractivity contribution is 6.88. The third-order valence-corrected chi connectivity index (χ3v) is 7.15. The third-order valence-electron chi connectivity index (χ3n) is 5.01. The largest absolute Gasteiger partial charge is 0.212 e. The van der Waals surface area contributed by atoms with E-state index in [0.717, 1.165) is 27.9 Å². The van der Waals surface area contributed by atoms with Crippen molar-refractivity contribution in [1.29, 1.82) is 0 Å². The van der Waals surface area contributed by atoms with Gasteiger partial charge >= 0.3 is 0 Å². The van der Waals surface area contributed by atoms with Gasteiger partial charge in [-0.3, -0.25) is 0 Å². The molecule has 0 aliphatic heterocycles. The minimum Gasteiger partial charge on any atom is -0.201 e. The molecule has 3 rings (SSSR count). The molecular formula is C24H30NSi+. The maximum Gasteiger partial charge on any atom is 0.212 e. The molecule has 0 aliphatic carbocycles. The molecule has 1 aromatic heterocycles. The molecule has 2 heteroatoms. The molecule has 0 aliphatic rings. The molecule has 134 valence electrons. The van der Waals surface area contributed by atoms with E-state index in [1.54, 1.807) is 0 Å². The van der Waals surface area contributed by atoms with Crippen LogP contribution in [-0.2, 0) is 7.05 Å². The van der Waals surface area contributed by atoms with Crippen molar-refractivity contribution >= 4 is 13.3 Å². The van der Waals surface area contributed by atoms with Crippen LogP contribution in [0.1, 0.15) is 20.8 Å². The van der Waals surface area contributed by atoms with Gasteiger partial charge < -0.3 is 0 Å². The van der Waals surface area contributed by atoms with E-state index in [0.29, 0.717) is 5.56 Å². The lowest BCUT2D eigenvalue weighted by atomic mass is 9.93. The monoisotopic (exact) mass is 363 g/mol. The Balaban J connectivity index is 2.28. The van der Waals surface area contributed by atoms with E-state index >= 15 is 0 Å². The van der Waals surface area contributed by atoms with Crippen molar-refractivity contribution in [2.75, 3.05) is 0 Å². The van der Waals surface area contributed by atoms with Crippen LogP contribution in [0.4, 0.5) is 0 Å². The van der Waals surface area contributed by atoms with Crippen molar-refractivity contribution in [3.63, 3.8) is 0 Å². The Hall–Kier alpha value is -2.19. The van der Waals surface area contributed by atoms with Crippen molar-refractivity contribution < 1.29 is 8.68 Å². The number of nitrogens with zero attached hydrogens (tertiary/aromatic N) is 1. The SMILES string of the molecule is [2H]C([2H])([2H])c1cc(C)c(-c2cc(C)c([Si](C)(C)C)c[n+]2C)cc1-c1ccccc1. The fraction of sp³-hybridized carbons (Fsp3) is 0.292. The highest BCUT2D eigenvalue weighted by Gasteiger charge is 2.25. The van der Waals surface area contributed by atoms with Gasteiger partial charge in [0.25, 0.3) is 0 Å². The van der Waals surface area contributed by atoms with Crippen LogP contribution < -0.4 is 9.75 Å². The number of hydrogen-bond donors (Lipinski definition) is 0. The summed E-state index contributed by atoms with van der Waals surface area (Å²) < 4.78 is 26.3. The Morgan fingerprint density at radius 3 is 2.15 bits per heavy atom. The highest BCUT2D eigenvalue weighted by atomic mass is 28.3. The maximum absolute atomic E-state index is 8.04. The zero-order valence-electron chi connectivity index (χ0n) is 19.6. The first-order valence-electron chi connectivity index (χ1n) is 10.6. The van der Waals surface area contributed by atoms with Crippen LogP contribution in [0.15, 0.2) is 54.7 Å². The molecule has 0 saturated heterocycles. The van der Waals surface area contributed by atoms with Crippen molar-refractivity contribution in [2.45, 2.75) is 40.3 Å². The summed E-state index contributed by atoms with van der Waals surface area (Å²) in [6.45, 7) is 9.10. The standard InChI is InChI=1S/C24H30NSi/c1-17-13-18(2)22(15-21(17)20-11-9-8-10-12-20)23-14-19(3)24(16-25(23)4)26(5,6)7/h8-16H,1-7H3/q+1/i1D3. The predicted molar refractivity (Wildman–Crippen MR) is 116 cm³/mol. The molecule has 0 saturated carbocycles. The summed E-state index contributed by atoms with van der Waals surface area (Å²) in [5.41, 5.74) is 6.57. The molecular weight excluding hydrogens is 330 g/mol. The van der Waals surface area contributed by atoms with Crippen LogP contribution in [0.5, 0.6) is 0 Å². The first kappa shape index (κ1) is 14.9. The fourth-order valence-corrected chi connectivity index (χ4v) is 5.48. The second-order valence-corrected chi connectivity index (χ2v) is 13.2. The average Bonchev–Trinajstić information content (AvgIpc) is 2.62. The average molecular weight is 364 g/mol. The third kappa shape index (κ3) is 3.52. The molecule has 3 aromatic rings. The van der Waals surface area contributed by atoms with Crippen LogP contribution >= 0.6 is 0 Å². The van der Waals surface area contributed by atoms with Crippen LogP contribution in [0, 0.1) is 20.7 Å². The van der Waals surface area contributed by atoms with E-state index in [4.69, 9.17) is 4.11 Å². The van der Waals surface area contributed by atoms with Gasteiger partial charge in [-0.15, -0.1) is 0 Å². The Kier molecular flexibility index (Phi) is 3.93. The Morgan fingerprint density at radius 2 is 1.54 bits per heavy atom. The Labute approximate surface area is 163 Å². The van der Waals surface area contributed by atoms with Gasteiger partial charge in [0, 0.05) is 20.9 Å². The van der Waals surface area contributed by atoms with Crippen LogP contribution in [0.3, 0.4) is 0 Å².